The van der Waals surface area contributed by atoms with Crippen molar-refractivity contribution in [3.63, 3.8) is 0 Å². The van der Waals surface area contributed by atoms with E-state index >= 15 is 0 Å². The Bertz CT molecular complexity index is 377. The molecule has 0 atom stereocenters. The molecule has 0 aliphatic carbocycles. The summed E-state index contributed by atoms with van der Waals surface area (Å²) in [6.45, 7) is 10.6. The zero-order valence-corrected chi connectivity index (χ0v) is 12.6. The first-order valence-corrected chi connectivity index (χ1v) is 6.81. The van der Waals surface area contributed by atoms with Gasteiger partial charge in [-0.3, -0.25) is 0 Å². The van der Waals surface area contributed by atoms with Crippen molar-refractivity contribution < 1.29 is 0 Å². The van der Waals surface area contributed by atoms with Gasteiger partial charge in [-0.15, -0.1) is 0 Å². The molecule has 1 aromatic rings. The van der Waals surface area contributed by atoms with Crippen LogP contribution in [0.15, 0.2) is 18.2 Å². The summed E-state index contributed by atoms with van der Waals surface area (Å²) < 4.78 is 0. The van der Waals surface area contributed by atoms with Crippen molar-refractivity contribution in [2.45, 2.75) is 52.6 Å². The van der Waals surface area contributed by atoms with Gasteiger partial charge in [0.2, 0.25) is 0 Å². The molecular formula is C16H28N2. The van der Waals surface area contributed by atoms with E-state index in [-0.39, 0.29) is 5.54 Å². The van der Waals surface area contributed by atoms with Crippen LogP contribution in [0, 0.1) is 13.8 Å². The number of rotatable bonds is 6. The van der Waals surface area contributed by atoms with Gasteiger partial charge in [0.1, 0.15) is 0 Å². The highest BCUT2D eigenvalue weighted by Crippen LogP contribution is 2.12. The summed E-state index contributed by atoms with van der Waals surface area (Å²) in [5.74, 6) is 0. The van der Waals surface area contributed by atoms with E-state index in [2.05, 4.69) is 57.8 Å². The van der Waals surface area contributed by atoms with Crippen molar-refractivity contribution >= 4 is 0 Å². The Balaban J connectivity index is 2.40. The monoisotopic (exact) mass is 248 g/mol. The van der Waals surface area contributed by atoms with E-state index in [4.69, 9.17) is 5.73 Å². The highest BCUT2D eigenvalue weighted by atomic mass is 15.1. The summed E-state index contributed by atoms with van der Waals surface area (Å²) in [5.41, 5.74) is 10.1. The van der Waals surface area contributed by atoms with Crippen molar-refractivity contribution in [1.82, 2.24) is 4.90 Å². The average Bonchev–Trinajstić information content (AvgIpc) is 2.21. The molecule has 102 valence electrons. The van der Waals surface area contributed by atoms with Crippen LogP contribution < -0.4 is 5.73 Å². The Morgan fingerprint density at radius 2 is 1.83 bits per heavy atom. The Morgan fingerprint density at radius 1 is 1.17 bits per heavy atom. The molecule has 0 aromatic heterocycles. The van der Waals surface area contributed by atoms with Gasteiger partial charge in [0.15, 0.2) is 0 Å². The molecule has 0 aliphatic rings. The summed E-state index contributed by atoms with van der Waals surface area (Å²) in [6.07, 6.45) is 2.23. The number of hydrogen-bond donors (Lipinski definition) is 1. The maximum absolute atomic E-state index is 5.99. The van der Waals surface area contributed by atoms with Gasteiger partial charge in [-0.2, -0.15) is 0 Å². The standard InChI is InChI=1S/C16H28N2/c1-13-7-8-15(11-14(13)2)12-18(5)10-6-9-16(3,4)17/h7-8,11H,6,9-10,12,17H2,1-5H3. The average molecular weight is 248 g/mol. The summed E-state index contributed by atoms with van der Waals surface area (Å²) in [6, 6.07) is 6.73. The van der Waals surface area contributed by atoms with E-state index in [1.54, 1.807) is 0 Å². The van der Waals surface area contributed by atoms with Crippen LogP contribution >= 0.6 is 0 Å². The fourth-order valence-corrected chi connectivity index (χ4v) is 2.10. The quantitative estimate of drug-likeness (QED) is 0.837. The molecule has 0 bridgehead atoms. The molecule has 2 N–H and O–H groups in total. The first kappa shape index (κ1) is 15.2. The SMILES string of the molecule is Cc1ccc(CN(C)CCCC(C)(C)N)cc1C. The van der Waals surface area contributed by atoms with Gasteiger partial charge < -0.3 is 10.6 Å². The molecule has 0 radical (unpaired) electrons. The minimum atomic E-state index is -0.0404. The topological polar surface area (TPSA) is 29.3 Å². The van der Waals surface area contributed by atoms with Crippen LogP contribution in [0.4, 0.5) is 0 Å². The molecule has 2 nitrogen and oxygen atoms in total. The van der Waals surface area contributed by atoms with Crippen LogP contribution in [0.5, 0.6) is 0 Å². The van der Waals surface area contributed by atoms with Gasteiger partial charge in [-0.25, -0.2) is 0 Å². The number of benzene rings is 1. The van der Waals surface area contributed by atoms with Gasteiger partial charge in [0.05, 0.1) is 0 Å². The van der Waals surface area contributed by atoms with Crippen LogP contribution in [0.25, 0.3) is 0 Å². The number of nitrogens with two attached hydrogens (primary N) is 1. The Morgan fingerprint density at radius 3 is 2.39 bits per heavy atom. The van der Waals surface area contributed by atoms with Crippen molar-refractivity contribution in [3.05, 3.63) is 34.9 Å². The van der Waals surface area contributed by atoms with E-state index in [9.17, 15) is 0 Å². The van der Waals surface area contributed by atoms with Crippen LogP contribution in [-0.4, -0.2) is 24.0 Å². The lowest BCUT2D eigenvalue weighted by molar-refractivity contribution is 0.303. The van der Waals surface area contributed by atoms with Gasteiger partial charge in [0.25, 0.3) is 0 Å². The molecule has 2 heteroatoms. The van der Waals surface area contributed by atoms with Gasteiger partial charge in [0, 0.05) is 12.1 Å². The maximum Gasteiger partial charge on any atom is 0.0230 e. The smallest absolute Gasteiger partial charge is 0.0230 e. The Labute approximate surface area is 112 Å². The van der Waals surface area contributed by atoms with E-state index < -0.39 is 0 Å². The molecule has 1 aromatic carbocycles. The van der Waals surface area contributed by atoms with Crippen LogP contribution in [0.3, 0.4) is 0 Å². The Kier molecular flexibility index (Phi) is 5.36. The summed E-state index contributed by atoms with van der Waals surface area (Å²) in [4.78, 5) is 2.37. The predicted molar refractivity (Wildman–Crippen MR) is 79.8 cm³/mol. The lowest BCUT2D eigenvalue weighted by Gasteiger charge is -2.21. The van der Waals surface area contributed by atoms with Crippen molar-refractivity contribution in [1.29, 1.82) is 0 Å². The molecular weight excluding hydrogens is 220 g/mol. The molecule has 18 heavy (non-hydrogen) atoms. The van der Waals surface area contributed by atoms with Gasteiger partial charge >= 0.3 is 0 Å². The third kappa shape index (κ3) is 5.65. The summed E-state index contributed by atoms with van der Waals surface area (Å²) in [5, 5.41) is 0. The summed E-state index contributed by atoms with van der Waals surface area (Å²) >= 11 is 0. The molecule has 0 unspecified atom stereocenters. The lowest BCUT2D eigenvalue weighted by atomic mass is 10.00. The van der Waals surface area contributed by atoms with Crippen molar-refractivity contribution in [2.75, 3.05) is 13.6 Å². The molecule has 0 saturated carbocycles. The van der Waals surface area contributed by atoms with E-state index in [0.29, 0.717) is 0 Å². The van der Waals surface area contributed by atoms with Crippen LogP contribution in [0.2, 0.25) is 0 Å². The molecule has 0 saturated heterocycles. The Hall–Kier alpha value is -0.860. The van der Waals surface area contributed by atoms with Crippen molar-refractivity contribution in [2.24, 2.45) is 5.73 Å². The zero-order valence-electron chi connectivity index (χ0n) is 12.6. The highest BCUT2D eigenvalue weighted by Gasteiger charge is 2.10. The van der Waals surface area contributed by atoms with Gasteiger partial charge in [-0.05, 0) is 70.8 Å². The highest BCUT2D eigenvalue weighted by molar-refractivity contribution is 5.29. The van der Waals surface area contributed by atoms with Crippen LogP contribution in [-0.2, 0) is 6.54 Å². The maximum atomic E-state index is 5.99. The third-order valence-corrected chi connectivity index (χ3v) is 3.38. The molecule has 0 amide bonds. The second-order valence-corrected chi connectivity index (χ2v) is 6.25. The van der Waals surface area contributed by atoms with Gasteiger partial charge in [-0.1, -0.05) is 18.2 Å². The number of aryl methyl sites for hydroxylation is 2. The fourth-order valence-electron chi connectivity index (χ4n) is 2.10. The van der Waals surface area contributed by atoms with E-state index in [1.807, 2.05) is 0 Å². The fraction of sp³-hybridized carbons (Fsp3) is 0.625. The largest absolute Gasteiger partial charge is 0.326 e. The third-order valence-electron chi connectivity index (χ3n) is 3.38. The second-order valence-electron chi connectivity index (χ2n) is 6.25. The molecule has 0 fully saturated rings. The van der Waals surface area contributed by atoms with E-state index in [0.717, 1.165) is 25.9 Å². The number of nitrogens with zero attached hydrogens (tertiary/aromatic N) is 1. The minimum Gasteiger partial charge on any atom is -0.326 e. The first-order chi connectivity index (χ1) is 8.28. The molecule has 0 aliphatic heterocycles. The molecule has 0 spiro atoms. The second kappa shape index (κ2) is 6.35. The number of hydrogen-bond acceptors (Lipinski definition) is 2. The zero-order chi connectivity index (χ0) is 13.8. The van der Waals surface area contributed by atoms with E-state index in [1.165, 1.54) is 16.7 Å². The minimum absolute atomic E-state index is 0.0404. The normalized spacial score (nSPS) is 12.2. The van der Waals surface area contributed by atoms with Crippen LogP contribution in [0.1, 0.15) is 43.4 Å². The van der Waals surface area contributed by atoms with Crippen molar-refractivity contribution in [3.8, 4) is 0 Å². The lowest BCUT2D eigenvalue weighted by Crippen LogP contribution is -2.33. The first-order valence-electron chi connectivity index (χ1n) is 6.81. The molecule has 1 rings (SSSR count). The summed E-state index contributed by atoms with van der Waals surface area (Å²) in [7, 11) is 2.18. The predicted octanol–water partition coefficient (Wildman–Crippen LogP) is 3.25. The molecule has 0 heterocycles.